The molecule has 0 aromatic carbocycles. The van der Waals surface area contributed by atoms with Crippen LogP contribution in [0.4, 0.5) is 14.6 Å². The second-order valence-corrected chi connectivity index (χ2v) is 2.91. The predicted molar refractivity (Wildman–Crippen MR) is 50.8 cm³/mol. The summed E-state index contributed by atoms with van der Waals surface area (Å²) in [6.07, 6.45) is -2.71. The lowest BCUT2D eigenvalue weighted by atomic mass is 10.1. The van der Waals surface area contributed by atoms with E-state index in [1.54, 1.807) is 0 Å². The second kappa shape index (κ2) is 4.66. The Kier molecular flexibility index (Phi) is 3.52. The minimum Gasteiger partial charge on any atom is -0.383 e. The van der Waals surface area contributed by atoms with Crippen molar-refractivity contribution in [3.8, 4) is 6.07 Å². The fourth-order valence-corrected chi connectivity index (χ4v) is 1.26. The molecule has 4 N–H and O–H groups in total. The number of hydrogen-bond donors (Lipinski definition) is 2. The second-order valence-electron chi connectivity index (χ2n) is 2.91. The van der Waals surface area contributed by atoms with E-state index < -0.39 is 6.43 Å². The first kappa shape index (κ1) is 11.3. The van der Waals surface area contributed by atoms with Gasteiger partial charge in [-0.2, -0.15) is 5.26 Å². The van der Waals surface area contributed by atoms with Crippen molar-refractivity contribution in [2.24, 2.45) is 5.73 Å². The third-order valence-electron chi connectivity index (χ3n) is 1.94. The molecule has 0 bridgehead atoms. The number of aromatic nitrogens is 1. The molecule has 0 radical (unpaired) electrons. The standard InChI is InChI=1S/C9H10F2N4/c10-8(11)6-3-5(1-2-12)15-9(14)7(6)4-13/h3,8H,1,4,13H2,(H2,14,15). The van der Waals surface area contributed by atoms with Gasteiger partial charge in [-0.3, -0.25) is 0 Å². The topological polar surface area (TPSA) is 88.7 Å². The van der Waals surface area contributed by atoms with Gasteiger partial charge in [0.25, 0.3) is 6.43 Å². The van der Waals surface area contributed by atoms with Crippen LogP contribution in [0.3, 0.4) is 0 Å². The van der Waals surface area contributed by atoms with E-state index in [-0.39, 0.29) is 35.6 Å². The maximum absolute atomic E-state index is 12.6. The first-order valence-electron chi connectivity index (χ1n) is 4.23. The molecule has 0 saturated heterocycles. The minimum absolute atomic E-state index is 0.0273. The average molecular weight is 212 g/mol. The lowest BCUT2D eigenvalue weighted by Gasteiger charge is -2.10. The zero-order valence-corrected chi connectivity index (χ0v) is 7.87. The highest BCUT2D eigenvalue weighted by molar-refractivity contribution is 5.47. The van der Waals surface area contributed by atoms with E-state index in [1.165, 1.54) is 6.07 Å². The maximum atomic E-state index is 12.6. The number of nitrogen functional groups attached to an aromatic ring is 1. The molecule has 80 valence electrons. The molecule has 0 aliphatic carbocycles. The van der Waals surface area contributed by atoms with E-state index in [2.05, 4.69) is 4.98 Å². The molecule has 0 unspecified atom stereocenters. The quantitative estimate of drug-likeness (QED) is 0.785. The molecule has 1 aromatic rings. The SMILES string of the molecule is N#CCc1cc(C(F)F)c(CN)c(N)n1. The normalized spacial score (nSPS) is 10.3. The number of halogens is 2. The Hall–Kier alpha value is -1.74. The van der Waals surface area contributed by atoms with E-state index in [0.717, 1.165) is 0 Å². The van der Waals surface area contributed by atoms with Gasteiger partial charge < -0.3 is 11.5 Å². The van der Waals surface area contributed by atoms with Gasteiger partial charge in [-0.15, -0.1) is 0 Å². The number of nitrogens with zero attached hydrogens (tertiary/aromatic N) is 2. The summed E-state index contributed by atoms with van der Waals surface area (Å²) >= 11 is 0. The number of hydrogen-bond acceptors (Lipinski definition) is 4. The van der Waals surface area contributed by atoms with Crippen LogP contribution in [0.25, 0.3) is 0 Å². The molecule has 1 rings (SSSR count). The van der Waals surface area contributed by atoms with Gasteiger partial charge in [-0.05, 0) is 6.07 Å². The van der Waals surface area contributed by atoms with Crippen LogP contribution < -0.4 is 11.5 Å². The predicted octanol–water partition coefficient (Wildman–Crippen LogP) is 1.13. The van der Waals surface area contributed by atoms with Crippen LogP contribution in [-0.2, 0) is 13.0 Å². The summed E-state index contributed by atoms with van der Waals surface area (Å²) in [7, 11) is 0. The number of rotatable bonds is 3. The maximum Gasteiger partial charge on any atom is 0.264 e. The lowest BCUT2D eigenvalue weighted by molar-refractivity contribution is 0.150. The Morgan fingerprint density at radius 3 is 2.67 bits per heavy atom. The van der Waals surface area contributed by atoms with Crippen molar-refractivity contribution in [2.75, 3.05) is 5.73 Å². The van der Waals surface area contributed by atoms with Crippen LogP contribution in [0.15, 0.2) is 6.07 Å². The summed E-state index contributed by atoms with van der Waals surface area (Å²) in [6.45, 7) is -0.0919. The first-order valence-corrected chi connectivity index (χ1v) is 4.23. The largest absolute Gasteiger partial charge is 0.383 e. The van der Waals surface area contributed by atoms with Crippen LogP contribution in [0.2, 0.25) is 0 Å². The molecule has 6 heteroatoms. The van der Waals surface area contributed by atoms with E-state index in [9.17, 15) is 8.78 Å². The molecular weight excluding hydrogens is 202 g/mol. The summed E-state index contributed by atoms with van der Waals surface area (Å²) < 4.78 is 25.2. The Morgan fingerprint density at radius 2 is 2.20 bits per heavy atom. The number of anilines is 1. The average Bonchev–Trinajstić information content (AvgIpc) is 2.17. The fourth-order valence-electron chi connectivity index (χ4n) is 1.26. The lowest BCUT2D eigenvalue weighted by Crippen LogP contribution is -2.10. The zero-order valence-electron chi connectivity index (χ0n) is 7.87. The zero-order chi connectivity index (χ0) is 11.4. The van der Waals surface area contributed by atoms with E-state index in [0.29, 0.717) is 0 Å². The van der Waals surface area contributed by atoms with Crippen LogP contribution in [0, 0.1) is 11.3 Å². The molecule has 0 aliphatic heterocycles. The summed E-state index contributed by atoms with van der Waals surface area (Å²) in [5, 5.41) is 8.42. The Bertz CT molecular complexity index is 398. The van der Waals surface area contributed by atoms with Crippen LogP contribution in [-0.4, -0.2) is 4.98 Å². The summed E-state index contributed by atoms with van der Waals surface area (Å²) in [5.74, 6) is -0.0273. The Labute approximate surface area is 85.5 Å². The Morgan fingerprint density at radius 1 is 1.53 bits per heavy atom. The van der Waals surface area contributed by atoms with Gasteiger partial charge in [0, 0.05) is 17.7 Å². The van der Waals surface area contributed by atoms with E-state index >= 15 is 0 Å². The highest BCUT2D eigenvalue weighted by Crippen LogP contribution is 2.26. The molecule has 0 aliphatic rings. The molecule has 0 spiro atoms. The Balaban J connectivity index is 3.27. The van der Waals surface area contributed by atoms with Gasteiger partial charge in [-0.25, -0.2) is 13.8 Å². The molecule has 0 atom stereocenters. The summed E-state index contributed by atoms with van der Waals surface area (Å²) in [4.78, 5) is 3.82. The van der Waals surface area contributed by atoms with Crippen molar-refractivity contribution in [2.45, 2.75) is 19.4 Å². The van der Waals surface area contributed by atoms with Crippen molar-refractivity contribution in [1.82, 2.24) is 4.98 Å². The van der Waals surface area contributed by atoms with Gasteiger partial charge in [0.2, 0.25) is 0 Å². The summed E-state index contributed by atoms with van der Waals surface area (Å²) in [5.41, 5.74) is 10.9. The minimum atomic E-state index is -2.66. The van der Waals surface area contributed by atoms with Crippen molar-refractivity contribution < 1.29 is 8.78 Å². The number of alkyl halides is 2. The molecule has 0 fully saturated rings. The number of nitriles is 1. The smallest absolute Gasteiger partial charge is 0.264 e. The molecule has 0 amide bonds. The summed E-state index contributed by atoms with van der Waals surface area (Å²) in [6, 6.07) is 2.99. The van der Waals surface area contributed by atoms with Gasteiger partial charge >= 0.3 is 0 Å². The van der Waals surface area contributed by atoms with Gasteiger partial charge in [0.05, 0.1) is 18.2 Å². The molecule has 1 heterocycles. The number of nitrogens with two attached hydrogens (primary N) is 2. The van der Waals surface area contributed by atoms with Crippen LogP contribution >= 0.6 is 0 Å². The van der Waals surface area contributed by atoms with Gasteiger partial charge in [0.1, 0.15) is 5.82 Å². The molecule has 15 heavy (non-hydrogen) atoms. The first-order chi connectivity index (χ1) is 7.10. The van der Waals surface area contributed by atoms with Crippen molar-refractivity contribution in [1.29, 1.82) is 5.26 Å². The molecular formula is C9H10F2N4. The van der Waals surface area contributed by atoms with Crippen LogP contribution in [0.5, 0.6) is 0 Å². The third kappa shape index (κ3) is 2.39. The van der Waals surface area contributed by atoms with Gasteiger partial charge in [-0.1, -0.05) is 0 Å². The monoisotopic (exact) mass is 212 g/mol. The molecule has 4 nitrogen and oxygen atoms in total. The third-order valence-corrected chi connectivity index (χ3v) is 1.94. The van der Waals surface area contributed by atoms with E-state index in [1.807, 2.05) is 6.07 Å². The van der Waals surface area contributed by atoms with Crippen molar-refractivity contribution >= 4 is 5.82 Å². The van der Waals surface area contributed by atoms with Crippen LogP contribution in [0.1, 0.15) is 23.2 Å². The van der Waals surface area contributed by atoms with Crippen molar-refractivity contribution in [3.05, 3.63) is 22.9 Å². The fraction of sp³-hybridized carbons (Fsp3) is 0.333. The number of pyridine rings is 1. The highest BCUT2D eigenvalue weighted by Gasteiger charge is 2.16. The van der Waals surface area contributed by atoms with Crippen molar-refractivity contribution in [3.63, 3.8) is 0 Å². The van der Waals surface area contributed by atoms with Gasteiger partial charge in [0.15, 0.2) is 0 Å². The molecule has 0 saturated carbocycles. The molecule has 1 aromatic heterocycles. The highest BCUT2D eigenvalue weighted by atomic mass is 19.3. The van der Waals surface area contributed by atoms with E-state index in [4.69, 9.17) is 16.7 Å².